The molecule has 1 unspecified atom stereocenters. The molecule has 0 aliphatic rings. The Morgan fingerprint density at radius 2 is 1.77 bits per heavy atom. The summed E-state index contributed by atoms with van der Waals surface area (Å²) in [4.78, 5) is 29.3. The highest BCUT2D eigenvalue weighted by Crippen LogP contribution is 2.31. The number of fused-ring (bicyclic) bond motifs is 1. The molecule has 2 heterocycles. The van der Waals surface area contributed by atoms with Crippen LogP contribution in [0.2, 0.25) is 0 Å². The van der Waals surface area contributed by atoms with E-state index in [0.717, 1.165) is 28.9 Å². The number of hydrogen-bond donors (Lipinski definition) is 0. The highest BCUT2D eigenvalue weighted by molar-refractivity contribution is 5.87. The van der Waals surface area contributed by atoms with Gasteiger partial charge < -0.3 is 4.74 Å². The Balaban J connectivity index is 1.69. The van der Waals surface area contributed by atoms with Gasteiger partial charge in [-0.15, -0.1) is 0 Å². The normalized spacial score (nSPS) is 12.8. The van der Waals surface area contributed by atoms with Crippen LogP contribution in [0.3, 0.4) is 0 Å². The van der Waals surface area contributed by atoms with E-state index in [-0.39, 0.29) is 28.2 Å². The number of rotatable bonds is 5. The van der Waals surface area contributed by atoms with Crippen molar-refractivity contribution in [1.29, 1.82) is 0 Å². The molecule has 2 aromatic heterocycles. The molecule has 0 saturated heterocycles. The summed E-state index contributed by atoms with van der Waals surface area (Å²) < 4.78 is 73.6. The Bertz CT molecular complexity index is 1480. The molecule has 0 aliphatic heterocycles. The predicted octanol–water partition coefficient (Wildman–Crippen LogP) is 5.22. The van der Waals surface area contributed by atoms with Crippen LogP contribution in [0.1, 0.15) is 47.1 Å². The number of esters is 1. The maximum atomic E-state index is 13.7. The van der Waals surface area contributed by atoms with Gasteiger partial charge in [0.25, 0.3) is 0 Å². The molecule has 0 spiro atoms. The highest BCUT2D eigenvalue weighted by Gasteiger charge is 2.31. The van der Waals surface area contributed by atoms with E-state index >= 15 is 0 Å². The second-order valence-corrected chi connectivity index (χ2v) is 7.61. The first-order valence-electron chi connectivity index (χ1n) is 10.2. The molecule has 4 rings (SSSR count). The molecule has 0 aliphatic carbocycles. The molecule has 7 nitrogen and oxygen atoms in total. The van der Waals surface area contributed by atoms with E-state index in [1.165, 1.54) is 32.0 Å². The minimum absolute atomic E-state index is 0.0427. The molecule has 12 heteroatoms. The van der Waals surface area contributed by atoms with Gasteiger partial charge in [-0.1, -0.05) is 18.2 Å². The average Bonchev–Trinajstić information content (AvgIpc) is 3.19. The molecular formula is C23H17F5N4O3. The first kappa shape index (κ1) is 24.0. The fourth-order valence-electron chi connectivity index (χ4n) is 3.59. The van der Waals surface area contributed by atoms with Gasteiger partial charge in [0.2, 0.25) is 11.1 Å². The van der Waals surface area contributed by atoms with Gasteiger partial charge >= 0.3 is 18.7 Å². The van der Waals surface area contributed by atoms with Gasteiger partial charge in [-0.3, -0.25) is 9.36 Å². The quantitative estimate of drug-likeness (QED) is 0.282. The Hall–Kier alpha value is -4.09. The number of hydrogen-bond acceptors (Lipinski definition) is 5. The fourth-order valence-corrected chi connectivity index (χ4v) is 3.59. The van der Waals surface area contributed by atoms with E-state index in [1.54, 1.807) is 12.1 Å². The highest BCUT2D eigenvalue weighted by atomic mass is 19.4. The summed E-state index contributed by atoms with van der Waals surface area (Å²) in [5, 5.41) is 3.90. The van der Waals surface area contributed by atoms with Crippen molar-refractivity contribution in [3.63, 3.8) is 0 Å². The third-order valence-electron chi connectivity index (χ3n) is 5.18. The zero-order chi connectivity index (χ0) is 25.5. The van der Waals surface area contributed by atoms with Gasteiger partial charge in [-0.25, -0.2) is 14.5 Å². The van der Waals surface area contributed by atoms with E-state index in [4.69, 9.17) is 4.74 Å². The standard InChI is InChI=1S/C23H17F5N4O3/c1-12-10-18(33)19(30-32(12)15-7-5-6-14(11-15)23(26,27)28)21(34)35-13(2)20-29-16-8-3-4-9-17(16)31(20)22(24)25/h3-11,13,22H,1-2H3. The summed E-state index contributed by atoms with van der Waals surface area (Å²) in [6.07, 6.45) is -5.91. The summed E-state index contributed by atoms with van der Waals surface area (Å²) in [5.41, 5.74) is -2.01. The SMILES string of the molecule is Cc1cc(=O)c(C(=O)OC(C)c2nc3ccccc3n2C(F)F)nn1-c1cccc(C(F)(F)F)c1. The summed E-state index contributed by atoms with van der Waals surface area (Å²) in [6, 6.07) is 11.3. The van der Waals surface area contributed by atoms with Crippen LogP contribution in [-0.4, -0.2) is 25.3 Å². The molecular weight excluding hydrogens is 475 g/mol. The van der Waals surface area contributed by atoms with Crippen molar-refractivity contribution in [1.82, 2.24) is 19.3 Å². The van der Waals surface area contributed by atoms with Crippen LogP contribution in [-0.2, 0) is 10.9 Å². The second kappa shape index (κ2) is 8.93. The summed E-state index contributed by atoms with van der Waals surface area (Å²) in [7, 11) is 0. The molecule has 35 heavy (non-hydrogen) atoms. The zero-order valence-corrected chi connectivity index (χ0v) is 18.3. The number of alkyl halides is 5. The smallest absolute Gasteiger partial charge is 0.416 e. The lowest BCUT2D eigenvalue weighted by Gasteiger charge is -2.16. The Labute approximate surface area is 194 Å². The third-order valence-corrected chi connectivity index (χ3v) is 5.18. The fraction of sp³-hybridized carbons (Fsp3) is 0.217. The summed E-state index contributed by atoms with van der Waals surface area (Å²) in [6.45, 7) is -0.247. The summed E-state index contributed by atoms with van der Waals surface area (Å²) in [5.74, 6) is -1.49. The van der Waals surface area contributed by atoms with Crippen LogP contribution in [0, 0.1) is 6.92 Å². The maximum absolute atomic E-state index is 13.7. The molecule has 2 aromatic carbocycles. The van der Waals surface area contributed by atoms with Crippen LogP contribution in [0.25, 0.3) is 16.7 Å². The van der Waals surface area contributed by atoms with Gasteiger partial charge in [0.1, 0.15) is 0 Å². The molecule has 0 radical (unpaired) electrons. The lowest BCUT2D eigenvalue weighted by atomic mass is 10.2. The number of ether oxygens (including phenoxy) is 1. The van der Waals surface area contributed by atoms with Crippen molar-refractivity contribution in [3.05, 3.63) is 87.6 Å². The van der Waals surface area contributed by atoms with E-state index in [1.807, 2.05) is 0 Å². The molecule has 0 amide bonds. The van der Waals surface area contributed by atoms with Crippen LogP contribution < -0.4 is 5.43 Å². The minimum Gasteiger partial charge on any atom is -0.450 e. The molecule has 182 valence electrons. The Morgan fingerprint density at radius 3 is 2.46 bits per heavy atom. The van der Waals surface area contributed by atoms with Crippen molar-refractivity contribution < 1.29 is 31.5 Å². The van der Waals surface area contributed by atoms with Crippen molar-refractivity contribution >= 4 is 17.0 Å². The Morgan fingerprint density at radius 1 is 1.06 bits per heavy atom. The third kappa shape index (κ3) is 4.63. The minimum atomic E-state index is -4.61. The predicted molar refractivity (Wildman–Crippen MR) is 114 cm³/mol. The number of aryl methyl sites for hydroxylation is 1. The van der Waals surface area contributed by atoms with Gasteiger partial charge in [0.05, 0.1) is 22.3 Å². The maximum Gasteiger partial charge on any atom is 0.416 e. The van der Waals surface area contributed by atoms with Crippen LogP contribution in [0.4, 0.5) is 22.0 Å². The van der Waals surface area contributed by atoms with Crippen molar-refractivity contribution in [2.75, 3.05) is 0 Å². The number of nitrogens with zero attached hydrogens (tertiary/aromatic N) is 4. The van der Waals surface area contributed by atoms with Gasteiger partial charge in [0, 0.05) is 11.8 Å². The van der Waals surface area contributed by atoms with Crippen molar-refractivity contribution in [2.45, 2.75) is 32.7 Å². The molecule has 0 bridgehead atoms. The first-order valence-corrected chi connectivity index (χ1v) is 10.2. The second-order valence-electron chi connectivity index (χ2n) is 7.61. The summed E-state index contributed by atoms with van der Waals surface area (Å²) >= 11 is 0. The number of halogens is 5. The molecule has 0 fully saturated rings. The topological polar surface area (TPSA) is 79.0 Å². The monoisotopic (exact) mass is 492 g/mol. The van der Waals surface area contributed by atoms with Crippen molar-refractivity contribution in [2.24, 2.45) is 0 Å². The van der Waals surface area contributed by atoms with Crippen LogP contribution in [0.15, 0.2) is 59.4 Å². The molecule has 1 atom stereocenters. The Kier molecular flexibility index (Phi) is 6.14. The molecule has 4 aromatic rings. The van der Waals surface area contributed by atoms with Crippen molar-refractivity contribution in [3.8, 4) is 5.69 Å². The first-order chi connectivity index (χ1) is 16.5. The largest absolute Gasteiger partial charge is 0.450 e. The van der Waals surface area contributed by atoms with Gasteiger partial charge in [-0.05, 0) is 44.2 Å². The zero-order valence-electron chi connectivity index (χ0n) is 18.3. The van der Waals surface area contributed by atoms with E-state index in [0.29, 0.717) is 4.57 Å². The number of benzene rings is 2. The van der Waals surface area contributed by atoms with Gasteiger partial charge in [0.15, 0.2) is 11.9 Å². The number of carbonyl (C=O) groups is 1. The number of para-hydroxylation sites is 2. The lowest BCUT2D eigenvalue weighted by molar-refractivity contribution is -0.137. The molecule has 0 saturated carbocycles. The molecule has 0 N–H and O–H groups in total. The number of carbonyl (C=O) groups excluding carboxylic acids is 1. The van der Waals surface area contributed by atoms with E-state index in [2.05, 4.69) is 10.1 Å². The van der Waals surface area contributed by atoms with E-state index < -0.39 is 41.5 Å². The lowest BCUT2D eigenvalue weighted by Crippen LogP contribution is -2.25. The van der Waals surface area contributed by atoms with Crippen LogP contribution >= 0.6 is 0 Å². The van der Waals surface area contributed by atoms with Crippen LogP contribution in [0.5, 0.6) is 0 Å². The average molecular weight is 492 g/mol. The number of imidazole rings is 1. The van der Waals surface area contributed by atoms with Gasteiger partial charge in [-0.2, -0.15) is 27.1 Å². The number of aromatic nitrogens is 4. The van der Waals surface area contributed by atoms with E-state index in [9.17, 15) is 31.5 Å².